The number of aromatic nitrogens is 2. The average Bonchev–Trinajstić information content (AvgIpc) is 3.66. The monoisotopic (exact) mass is 652 g/mol. The summed E-state index contributed by atoms with van der Waals surface area (Å²) in [6.07, 6.45) is 7.26. The molecule has 45 heavy (non-hydrogen) atoms. The lowest BCUT2D eigenvalue weighted by Crippen LogP contribution is -2.50. The number of nitrogens with one attached hydrogen (secondary N) is 7. The maximum absolute atomic E-state index is 13.5. The van der Waals surface area contributed by atoms with Crippen LogP contribution in [0.5, 0.6) is 0 Å². The molecule has 9 N–H and O–H groups in total. The number of nitrogens with zero attached hydrogens (tertiary/aromatic N) is 1. The number of halogens is 1. The Bertz CT molecular complexity index is 1690. The van der Waals surface area contributed by atoms with Gasteiger partial charge in [-0.05, 0) is 31.5 Å². The lowest BCUT2D eigenvalue weighted by Gasteiger charge is -2.25. The molecule has 0 fully saturated rings. The molecule has 236 valence electrons. The highest BCUT2D eigenvalue weighted by Gasteiger charge is 2.38. The summed E-state index contributed by atoms with van der Waals surface area (Å²) in [5, 5.41) is 15.6. The van der Waals surface area contributed by atoms with Gasteiger partial charge in [-0.3, -0.25) is 24.6 Å². The number of nitrogens with two attached hydrogens (primary N) is 1. The average molecular weight is 653 g/mol. The molecule has 1 aliphatic rings. The van der Waals surface area contributed by atoms with Crippen LogP contribution in [0.3, 0.4) is 0 Å². The number of carbonyl (C=O) groups excluding carboxylic acids is 4. The van der Waals surface area contributed by atoms with Crippen LogP contribution in [0.4, 0.5) is 11.4 Å². The zero-order valence-corrected chi connectivity index (χ0v) is 26.5. The van der Waals surface area contributed by atoms with Crippen molar-refractivity contribution in [1.29, 1.82) is 5.41 Å². The normalized spacial score (nSPS) is 15.6. The zero-order chi connectivity index (χ0) is 32.7. The van der Waals surface area contributed by atoms with Crippen molar-refractivity contribution in [2.45, 2.75) is 25.2 Å². The number of quaternary nitrogens is 1. The summed E-state index contributed by atoms with van der Waals surface area (Å²) < 4.78 is -0.262. The standard InChI is InChI=1S/C30H34ClN9O4S/c1-17-23(14-35-26(17)29(43)34-10-8-25(32)33)39-30(44)27-18(2)22(13-36-27)38-28(42)24-12-20(15-40(24,3)37-16-41)19-4-6-21(7-5-19)45-11-9-31/h4-7,12-16H,8-11H2,1-3H3,(H8-,32,33,34,35,36,37,38,39,41,42,43,44)/p+1. The van der Waals surface area contributed by atoms with Crippen molar-refractivity contribution in [2.24, 2.45) is 5.73 Å². The Morgan fingerprint density at radius 3 is 2.18 bits per heavy atom. The number of rotatable bonds is 14. The number of amidine groups is 1. The Morgan fingerprint density at radius 2 is 1.60 bits per heavy atom. The number of allylic oxidation sites excluding steroid dienone is 2. The highest BCUT2D eigenvalue weighted by Crippen LogP contribution is 2.33. The minimum absolute atomic E-state index is 0.0327. The van der Waals surface area contributed by atoms with Gasteiger partial charge in [-0.25, -0.2) is 0 Å². The number of hydrogen-bond acceptors (Lipinski definition) is 6. The molecule has 1 unspecified atom stereocenters. The number of aromatic amines is 2. The summed E-state index contributed by atoms with van der Waals surface area (Å²) in [5.41, 5.74) is 12.2. The van der Waals surface area contributed by atoms with Crippen LogP contribution in [0.2, 0.25) is 0 Å². The maximum Gasteiger partial charge on any atom is 0.312 e. The molecule has 0 saturated carbocycles. The first-order valence-electron chi connectivity index (χ1n) is 13.9. The van der Waals surface area contributed by atoms with Crippen molar-refractivity contribution in [3.63, 3.8) is 0 Å². The fourth-order valence-corrected chi connectivity index (χ4v) is 5.58. The van der Waals surface area contributed by atoms with E-state index in [9.17, 15) is 19.2 Å². The molecule has 1 aromatic carbocycles. The summed E-state index contributed by atoms with van der Waals surface area (Å²) >= 11 is 7.44. The number of anilines is 2. The van der Waals surface area contributed by atoms with Crippen molar-refractivity contribution in [3.05, 3.63) is 82.7 Å². The lowest BCUT2D eigenvalue weighted by atomic mass is 10.1. The van der Waals surface area contributed by atoms with E-state index in [1.807, 2.05) is 24.3 Å². The molecule has 4 rings (SSSR count). The summed E-state index contributed by atoms with van der Waals surface area (Å²) in [6.45, 7) is 3.59. The van der Waals surface area contributed by atoms with Gasteiger partial charge in [0.25, 0.3) is 18.2 Å². The van der Waals surface area contributed by atoms with Gasteiger partial charge in [0.15, 0.2) is 0 Å². The SMILES string of the molecule is Cc1c(NC(=O)C2=CC(c3ccc(SCCCl)cc3)=C[N+]2(C)NC=O)c[nH]c1C(=O)Nc1c[nH]c(C(=O)NCCC(=N)N)c1C. The first kappa shape index (κ1) is 33.1. The third-order valence-electron chi connectivity index (χ3n) is 7.19. The molecule has 1 aliphatic heterocycles. The molecule has 0 aliphatic carbocycles. The van der Waals surface area contributed by atoms with Crippen LogP contribution in [-0.4, -0.2) is 69.8 Å². The molecule has 3 aromatic rings. The largest absolute Gasteiger partial charge is 0.388 e. The van der Waals surface area contributed by atoms with Crippen molar-refractivity contribution in [3.8, 4) is 0 Å². The van der Waals surface area contributed by atoms with E-state index in [1.54, 1.807) is 44.9 Å². The van der Waals surface area contributed by atoms with Gasteiger partial charge in [0.2, 0.25) is 5.70 Å². The summed E-state index contributed by atoms with van der Waals surface area (Å²) in [5.74, 6) is -0.0148. The van der Waals surface area contributed by atoms with E-state index in [0.29, 0.717) is 34.8 Å². The van der Waals surface area contributed by atoms with E-state index < -0.39 is 11.8 Å². The number of thioether (sulfide) groups is 1. The molecule has 4 amide bonds. The van der Waals surface area contributed by atoms with Gasteiger partial charge < -0.3 is 31.7 Å². The van der Waals surface area contributed by atoms with Gasteiger partial charge in [0.1, 0.15) is 24.6 Å². The number of benzene rings is 1. The first-order valence-corrected chi connectivity index (χ1v) is 15.4. The smallest absolute Gasteiger partial charge is 0.312 e. The van der Waals surface area contributed by atoms with E-state index in [-0.39, 0.29) is 46.4 Å². The molecule has 1 atom stereocenters. The van der Waals surface area contributed by atoms with Crippen LogP contribution in [0, 0.1) is 19.3 Å². The lowest BCUT2D eigenvalue weighted by molar-refractivity contribution is -0.849. The van der Waals surface area contributed by atoms with Crippen LogP contribution >= 0.6 is 23.4 Å². The number of H-pyrrole nitrogens is 2. The molecule has 3 heterocycles. The summed E-state index contributed by atoms with van der Waals surface area (Å²) in [4.78, 5) is 57.5. The van der Waals surface area contributed by atoms with Crippen LogP contribution < -0.4 is 27.1 Å². The zero-order valence-electron chi connectivity index (χ0n) is 25.0. The van der Waals surface area contributed by atoms with Gasteiger partial charge in [-0.2, -0.15) is 10.0 Å². The molecule has 13 nitrogen and oxygen atoms in total. The second-order valence-electron chi connectivity index (χ2n) is 10.3. The minimum atomic E-state index is -0.474. The van der Waals surface area contributed by atoms with Crippen molar-refractivity contribution >= 4 is 70.3 Å². The molecule has 0 radical (unpaired) electrons. The van der Waals surface area contributed by atoms with Gasteiger partial charge in [-0.15, -0.1) is 23.4 Å². The number of alkyl halides is 1. The Hall–Kier alpha value is -4.79. The minimum Gasteiger partial charge on any atom is -0.388 e. The topological polar surface area (TPSA) is 198 Å². The molecule has 2 aromatic heterocycles. The Labute approximate surface area is 269 Å². The van der Waals surface area contributed by atoms with Crippen LogP contribution in [0.1, 0.15) is 44.1 Å². The van der Waals surface area contributed by atoms with Crippen molar-refractivity contribution < 1.29 is 23.8 Å². The molecule has 0 spiro atoms. The highest BCUT2D eigenvalue weighted by molar-refractivity contribution is 7.99. The number of hydrogen-bond donors (Lipinski definition) is 8. The van der Waals surface area contributed by atoms with E-state index in [4.69, 9.17) is 22.7 Å². The van der Waals surface area contributed by atoms with E-state index in [1.165, 1.54) is 12.4 Å². The fraction of sp³-hybridized carbons (Fsp3) is 0.233. The number of carbonyl (C=O) groups is 4. The number of amides is 4. The summed E-state index contributed by atoms with van der Waals surface area (Å²) in [7, 11) is 1.68. The van der Waals surface area contributed by atoms with Gasteiger partial charge in [0, 0.05) is 64.7 Å². The Balaban J connectivity index is 1.46. The third kappa shape index (κ3) is 7.66. The molecule has 0 saturated heterocycles. The summed E-state index contributed by atoms with van der Waals surface area (Å²) in [6, 6.07) is 7.85. The van der Waals surface area contributed by atoms with Crippen LogP contribution in [0.15, 0.2) is 59.5 Å². The molecular formula is C30H35ClN9O4S+. The highest BCUT2D eigenvalue weighted by atomic mass is 35.5. The predicted molar refractivity (Wildman–Crippen MR) is 176 cm³/mol. The van der Waals surface area contributed by atoms with E-state index >= 15 is 0 Å². The second-order valence-corrected chi connectivity index (χ2v) is 11.9. The molecular weight excluding hydrogens is 618 g/mol. The van der Waals surface area contributed by atoms with Gasteiger partial charge in [-0.1, -0.05) is 12.1 Å². The maximum atomic E-state index is 13.5. The van der Waals surface area contributed by atoms with Gasteiger partial charge in [0.05, 0.1) is 17.2 Å². The second kappa shape index (κ2) is 14.3. The Kier molecular flexibility index (Phi) is 10.5. The van der Waals surface area contributed by atoms with E-state index in [0.717, 1.165) is 21.8 Å². The van der Waals surface area contributed by atoms with Crippen LogP contribution in [-0.2, 0) is 9.59 Å². The van der Waals surface area contributed by atoms with Crippen molar-refractivity contribution in [2.75, 3.05) is 35.9 Å². The van der Waals surface area contributed by atoms with Gasteiger partial charge >= 0.3 is 5.91 Å². The molecule has 15 heteroatoms. The Morgan fingerprint density at radius 1 is 1.00 bits per heavy atom. The van der Waals surface area contributed by atoms with Crippen LogP contribution in [0.25, 0.3) is 5.57 Å². The van der Waals surface area contributed by atoms with Crippen molar-refractivity contribution in [1.82, 2.24) is 20.7 Å². The molecule has 0 bridgehead atoms. The predicted octanol–water partition coefficient (Wildman–Crippen LogP) is 3.58. The fourth-order valence-electron chi connectivity index (χ4n) is 4.71. The number of likely N-dealkylation sites (N-methyl/N-ethyl adjacent to an activating group) is 1. The third-order valence-corrected chi connectivity index (χ3v) is 8.61. The quantitative estimate of drug-likeness (QED) is 0.0327. The first-order chi connectivity index (χ1) is 21.5. The van der Waals surface area contributed by atoms with E-state index in [2.05, 4.69) is 31.3 Å².